The molecular formula is C22H23NO4. The van der Waals surface area contributed by atoms with Crippen molar-refractivity contribution in [3.05, 3.63) is 65.2 Å². The average Bonchev–Trinajstić information content (AvgIpc) is 3.03. The van der Waals surface area contributed by atoms with Crippen LogP contribution in [0.25, 0.3) is 0 Å². The van der Waals surface area contributed by atoms with Crippen molar-refractivity contribution in [2.75, 3.05) is 11.4 Å². The van der Waals surface area contributed by atoms with Crippen LogP contribution in [0.3, 0.4) is 0 Å². The fourth-order valence-electron chi connectivity index (χ4n) is 3.47. The summed E-state index contributed by atoms with van der Waals surface area (Å²) in [6, 6.07) is 14.6. The van der Waals surface area contributed by atoms with Gasteiger partial charge in [0.1, 0.15) is 0 Å². The second-order valence-corrected chi connectivity index (χ2v) is 6.96. The van der Waals surface area contributed by atoms with E-state index in [-0.39, 0.29) is 24.7 Å². The first-order valence-corrected chi connectivity index (χ1v) is 9.05. The van der Waals surface area contributed by atoms with Crippen LogP contribution in [0, 0.1) is 19.8 Å². The summed E-state index contributed by atoms with van der Waals surface area (Å²) >= 11 is 0. The van der Waals surface area contributed by atoms with Crippen molar-refractivity contribution < 1.29 is 19.1 Å². The number of hydrogen-bond donors (Lipinski definition) is 0. The Morgan fingerprint density at radius 1 is 1.04 bits per heavy atom. The number of carbonyl (C=O) groups excluding carboxylic acids is 3. The Labute approximate surface area is 158 Å². The van der Waals surface area contributed by atoms with Crippen molar-refractivity contribution in [1.29, 1.82) is 0 Å². The number of rotatable bonds is 5. The van der Waals surface area contributed by atoms with Crippen molar-refractivity contribution in [3.8, 4) is 0 Å². The predicted molar refractivity (Wildman–Crippen MR) is 103 cm³/mol. The van der Waals surface area contributed by atoms with Gasteiger partial charge in [-0.25, -0.2) is 0 Å². The number of esters is 1. The highest BCUT2D eigenvalue weighted by atomic mass is 16.5. The van der Waals surface area contributed by atoms with E-state index in [1.165, 1.54) is 0 Å². The molecule has 5 nitrogen and oxygen atoms in total. The van der Waals surface area contributed by atoms with Crippen LogP contribution < -0.4 is 4.90 Å². The topological polar surface area (TPSA) is 63.7 Å². The van der Waals surface area contributed by atoms with Crippen LogP contribution in [0.5, 0.6) is 0 Å². The van der Waals surface area contributed by atoms with Gasteiger partial charge in [-0.3, -0.25) is 14.4 Å². The zero-order valence-corrected chi connectivity index (χ0v) is 15.8. The van der Waals surface area contributed by atoms with Gasteiger partial charge in [-0.15, -0.1) is 0 Å². The van der Waals surface area contributed by atoms with Crippen LogP contribution in [0.1, 0.15) is 34.8 Å². The van der Waals surface area contributed by atoms with E-state index in [1.807, 2.05) is 38.1 Å². The summed E-state index contributed by atoms with van der Waals surface area (Å²) in [5.41, 5.74) is 3.33. The zero-order valence-electron chi connectivity index (χ0n) is 15.8. The Morgan fingerprint density at radius 2 is 1.67 bits per heavy atom. The molecule has 1 heterocycles. The van der Waals surface area contributed by atoms with E-state index in [1.54, 1.807) is 36.1 Å². The molecule has 0 aliphatic carbocycles. The molecule has 0 unspecified atom stereocenters. The predicted octanol–water partition coefficient (Wildman–Crippen LogP) is 3.47. The molecule has 3 rings (SSSR count). The van der Waals surface area contributed by atoms with E-state index in [2.05, 4.69) is 0 Å². The molecule has 1 saturated heterocycles. The zero-order chi connectivity index (χ0) is 19.6. The third kappa shape index (κ3) is 3.92. The molecule has 0 radical (unpaired) electrons. The molecule has 0 saturated carbocycles. The lowest BCUT2D eigenvalue weighted by Crippen LogP contribution is -2.31. The molecule has 1 aliphatic heterocycles. The van der Waals surface area contributed by atoms with Gasteiger partial charge in [0.2, 0.25) is 11.7 Å². The highest BCUT2D eigenvalue weighted by Gasteiger charge is 2.38. The lowest BCUT2D eigenvalue weighted by molar-refractivity contribution is -0.151. The summed E-state index contributed by atoms with van der Waals surface area (Å²) < 4.78 is 5.38. The van der Waals surface area contributed by atoms with Gasteiger partial charge >= 0.3 is 5.97 Å². The molecule has 0 N–H and O–H groups in total. The molecular weight excluding hydrogens is 342 g/mol. The van der Waals surface area contributed by atoms with Crippen molar-refractivity contribution in [1.82, 2.24) is 0 Å². The number of para-hydroxylation sites is 1. The molecule has 1 amide bonds. The largest absolute Gasteiger partial charge is 0.454 e. The number of aryl methyl sites for hydroxylation is 2. The quantitative estimate of drug-likeness (QED) is 0.601. The van der Waals surface area contributed by atoms with E-state index in [4.69, 9.17) is 4.74 Å². The second-order valence-electron chi connectivity index (χ2n) is 6.96. The van der Waals surface area contributed by atoms with E-state index >= 15 is 0 Å². The van der Waals surface area contributed by atoms with Gasteiger partial charge in [-0.2, -0.15) is 0 Å². The van der Waals surface area contributed by atoms with Crippen LogP contribution in [0.2, 0.25) is 0 Å². The van der Waals surface area contributed by atoms with Crippen LogP contribution >= 0.6 is 0 Å². The minimum Gasteiger partial charge on any atom is -0.454 e. The lowest BCUT2D eigenvalue weighted by atomic mass is 10.1. The third-order valence-electron chi connectivity index (χ3n) is 4.89. The molecule has 0 aromatic heterocycles. The Morgan fingerprint density at radius 3 is 2.30 bits per heavy atom. The second kappa shape index (κ2) is 7.74. The Bertz CT molecular complexity index is 855. The smallest absolute Gasteiger partial charge is 0.312 e. The SMILES string of the molecule is Cc1cccc(C)c1N1C[C@H](C(=O)O[C@@H](C)C(=O)c2ccccc2)CC1=O. The average molecular weight is 365 g/mol. The number of ether oxygens (including phenoxy) is 1. The molecule has 1 aliphatic rings. The Hall–Kier alpha value is -2.95. The monoisotopic (exact) mass is 365 g/mol. The van der Waals surface area contributed by atoms with Crippen molar-refractivity contribution in [3.63, 3.8) is 0 Å². The van der Waals surface area contributed by atoms with Crippen LogP contribution in [-0.2, 0) is 14.3 Å². The highest BCUT2D eigenvalue weighted by molar-refractivity contribution is 6.02. The maximum absolute atomic E-state index is 12.5. The Balaban J connectivity index is 1.68. The Kier molecular flexibility index (Phi) is 5.40. The molecule has 140 valence electrons. The van der Waals surface area contributed by atoms with Gasteiger partial charge in [0.15, 0.2) is 6.10 Å². The summed E-state index contributed by atoms with van der Waals surface area (Å²) in [7, 11) is 0. The summed E-state index contributed by atoms with van der Waals surface area (Å²) in [5.74, 6) is -1.42. The molecule has 2 aromatic rings. The summed E-state index contributed by atoms with van der Waals surface area (Å²) in [5, 5.41) is 0. The van der Waals surface area contributed by atoms with Gasteiger partial charge in [0.25, 0.3) is 0 Å². The number of nitrogens with zero attached hydrogens (tertiary/aromatic N) is 1. The van der Waals surface area contributed by atoms with E-state index in [0.717, 1.165) is 16.8 Å². The molecule has 27 heavy (non-hydrogen) atoms. The van der Waals surface area contributed by atoms with Crippen LogP contribution in [0.15, 0.2) is 48.5 Å². The fourth-order valence-corrected chi connectivity index (χ4v) is 3.47. The maximum Gasteiger partial charge on any atom is 0.312 e. The van der Waals surface area contributed by atoms with E-state index in [9.17, 15) is 14.4 Å². The van der Waals surface area contributed by atoms with Crippen LogP contribution in [0.4, 0.5) is 5.69 Å². The number of Topliss-reactive ketones (excluding diaryl/α,β-unsaturated/α-hetero) is 1. The van der Waals surface area contributed by atoms with E-state index in [0.29, 0.717) is 5.56 Å². The van der Waals surface area contributed by atoms with Gasteiger partial charge in [-0.1, -0.05) is 48.5 Å². The van der Waals surface area contributed by atoms with Gasteiger partial charge in [-0.05, 0) is 31.9 Å². The normalized spacial score (nSPS) is 17.7. The van der Waals surface area contributed by atoms with Gasteiger partial charge in [0.05, 0.1) is 5.92 Å². The standard InChI is InChI=1S/C22H23NO4/c1-14-8-7-9-15(2)20(14)23-13-18(12-19(23)24)22(26)27-16(3)21(25)17-10-5-4-6-11-17/h4-11,16,18H,12-13H2,1-3H3/t16-,18+/m0/s1. The van der Waals surface area contributed by atoms with Crippen molar-refractivity contribution in [2.45, 2.75) is 33.3 Å². The first-order valence-electron chi connectivity index (χ1n) is 9.05. The minimum atomic E-state index is -0.885. The number of anilines is 1. The molecule has 0 spiro atoms. The fraction of sp³-hybridized carbons (Fsp3) is 0.318. The maximum atomic E-state index is 12.5. The van der Waals surface area contributed by atoms with Crippen molar-refractivity contribution >= 4 is 23.3 Å². The molecule has 1 fully saturated rings. The first-order chi connectivity index (χ1) is 12.9. The summed E-state index contributed by atoms with van der Waals surface area (Å²) in [6.07, 6.45) is -0.789. The first kappa shape index (κ1) is 18.8. The van der Waals surface area contributed by atoms with Gasteiger partial charge < -0.3 is 9.64 Å². The molecule has 2 aromatic carbocycles. The van der Waals surface area contributed by atoms with Crippen LogP contribution in [-0.4, -0.2) is 30.3 Å². The summed E-state index contributed by atoms with van der Waals surface area (Å²) in [6.45, 7) is 5.73. The van der Waals surface area contributed by atoms with Crippen molar-refractivity contribution in [2.24, 2.45) is 5.92 Å². The molecule has 0 bridgehead atoms. The number of amides is 1. The number of hydrogen-bond acceptors (Lipinski definition) is 4. The number of ketones is 1. The lowest BCUT2D eigenvalue weighted by Gasteiger charge is -2.21. The van der Waals surface area contributed by atoms with E-state index < -0.39 is 18.0 Å². The highest BCUT2D eigenvalue weighted by Crippen LogP contribution is 2.31. The molecule has 5 heteroatoms. The summed E-state index contributed by atoms with van der Waals surface area (Å²) in [4.78, 5) is 39.0. The number of carbonyl (C=O) groups is 3. The van der Waals surface area contributed by atoms with Gasteiger partial charge in [0, 0.05) is 24.2 Å². The molecule has 2 atom stereocenters. The third-order valence-corrected chi connectivity index (χ3v) is 4.89. The number of benzene rings is 2. The minimum absolute atomic E-state index is 0.0961.